The van der Waals surface area contributed by atoms with Crippen molar-refractivity contribution in [1.82, 2.24) is 0 Å². The van der Waals surface area contributed by atoms with Crippen LogP contribution in [0.25, 0.3) is 0 Å². The molecule has 1 fully saturated rings. The number of allylic oxidation sites excluding steroid dienone is 3. The van der Waals surface area contributed by atoms with Gasteiger partial charge < -0.3 is 29.4 Å². The molecule has 1 saturated heterocycles. The van der Waals surface area contributed by atoms with E-state index in [1.807, 2.05) is 13.8 Å². The first-order valence-corrected chi connectivity index (χ1v) is 10.7. The van der Waals surface area contributed by atoms with Crippen LogP contribution in [0, 0.1) is 0 Å². The molecule has 174 valence electrons. The van der Waals surface area contributed by atoms with Gasteiger partial charge in [0.25, 0.3) is 0 Å². The SMILES string of the molecule is C/C=N\C(C)(CC/C(OCCOC)=C1\COCCO1)CO/C(=C/CF)CCCCN. The van der Waals surface area contributed by atoms with Crippen LogP contribution in [-0.2, 0) is 23.7 Å². The van der Waals surface area contributed by atoms with Crippen molar-refractivity contribution in [3.63, 3.8) is 0 Å². The second-order valence-electron chi connectivity index (χ2n) is 7.33. The van der Waals surface area contributed by atoms with Crippen LogP contribution in [0.1, 0.15) is 46.0 Å². The molecule has 1 heterocycles. The molecule has 0 aromatic rings. The standard InChI is InChI=1S/C22H39FN2O5/c1-4-25-22(2,18-30-19(9-11-23)7-5-6-12-24)10-8-20(28-15-13-26-3)21-17-27-14-16-29-21/h4,9H,5-8,10-18,24H2,1-3H3/b19-9+,21-20-,25-4-. The van der Waals surface area contributed by atoms with Crippen LogP contribution in [0.2, 0.25) is 0 Å². The summed E-state index contributed by atoms with van der Waals surface area (Å²) in [4.78, 5) is 4.63. The highest BCUT2D eigenvalue weighted by molar-refractivity contribution is 5.54. The number of nitrogens with two attached hydrogens (primary N) is 1. The van der Waals surface area contributed by atoms with Gasteiger partial charge in [0.1, 0.15) is 38.9 Å². The molecule has 1 atom stereocenters. The summed E-state index contributed by atoms with van der Waals surface area (Å²) < 4.78 is 41.0. The number of hydrogen-bond acceptors (Lipinski definition) is 7. The molecule has 0 aromatic carbocycles. The van der Waals surface area contributed by atoms with E-state index in [-0.39, 0.29) is 0 Å². The number of rotatable bonds is 16. The second-order valence-corrected chi connectivity index (χ2v) is 7.33. The first kappa shape index (κ1) is 26.4. The van der Waals surface area contributed by atoms with Gasteiger partial charge in [0.05, 0.1) is 24.5 Å². The predicted octanol–water partition coefficient (Wildman–Crippen LogP) is 3.54. The lowest BCUT2D eigenvalue weighted by atomic mass is 9.96. The molecular formula is C22H39FN2O5. The number of aliphatic imine (C=N–C) groups is 1. The van der Waals surface area contributed by atoms with E-state index < -0.39 is 12.2 Å². The maximum atomic E-state index is 12.9. The summed E-state index contributed by atoms with van der Waals surface area (Å²) in [5.74, 6) is 2.13. The van der Waals surface area contributed by atoms with Crippen molar-refractivity contribution >= 4 is 6.21 Å². The van der Waals surface area contributed by atoms with Crippen molar-refractivity contribution in [1.29, 1.82) is 0 Å². The minimum atomic E-state index is -0.549. The maximum absolute atomic E-state index is 12.9. The number of nitrogens with zero attached hydrogens (tertiary/aromatic N) is 1. The Bertz CT molecular complexity index is 546. The van der Waals surface area contributed by atoms with Gasteiger partial charge in [0.2, 0.25) is 0 Å². The predicted molar refractivity (Wildman–Crippen MR) is 116 cm³/mol. The van der Waals surface area contributed by atoms with Gasteiger partial charge in [0.15, 0.2) is 5.76 Å². The molecule has 8 heteroatoms. The maximum Gasteiger partial charge on any atom is 0.159 e. The average Bonchev–Trinajstić information content (AvgIpc) is 2.75. The van der Waals surface area contributed by atoms with E-state index in [9.17, 15) is 4.39 Å². The van der Waals surface area contributed by atoms with E-state index in [0.717, 1.165) is 24.4 Å². The Morgan fingerprint density at radius 3 is 2.70 bits per heavy atom. The molecule has 30 heavy (non-hydrogen) atoms. The zero-order chi connectivity index (χ0) is 22.1. The molecule has 1 aliphatic heterocycles. The van der Waals surface area contributed by atoms with Crippen molar-refractivity contribution in [2.45, 2.75) is 51.5 Å². The van der Waals surface area contributed by atoms with Crippen LogP contribution >= 0.6 is 0 Å². The van der Waals surface area contributed by atoms with Crippen molar-refractivity contribution in [3.8, 4) is 0 Å². The third-order valence-electron chi connectivity index (χ3n) is 4.69. The number of unbranched alkanes of at least 4 members (excludes halogenated alkanes) is 1. The van der Waals surface area contributed by atoms with Crippen molar-refractivity contribution in [2.24, 2.45) is 10.7 Å². The molecule has 0 spiro atoms. The molecule has 0 saturated carbocycles. The zero-order valence-corrected chi connectivity index (χ0v) is 18.8. The van der Waals surface area contributed by atoms with Crippen molar-refractivity contribution < 1.29 is 28.1 Å². The number of hydrogen-bond donors (Lipinski definition) is 1. The summed E-state index contributed by atoms with van der Waals surface area (Å²) in [6.45, 7) is 6.74. The lowest BCUT2D eigenvalue weighted by Crippen LogP contribution is -2.30. The minimum absolute atomic E-state index is 0.351. The first-order chi connectivity index (χ1) is 14.6. The van der Waals surface area contributed by atoms with E-state index in [1.54, 1.807) is 13.3 Å². The van der Waals surface area contributed by atoms with E-state index in [4.69, 9.17) is 29.4 Å². The van der Waals surface area contributed by atoms with Crippen LogP contribution in [0.5, 0.6) is 0 Å². The van der Waals surface area contributed by atoms with E-state index in [2.05, 4.69) is 4.99 Å². The summed E-state index contributed by atoms with van der Waals surface area (Å²) in [7, 11) is 1.64. The minimum Gasteiger partial charge on any atom is -0.496 e. The highest BCUT2D eigenvalue weighted by Gasteiger charge is 2.26. The summed E-state index contributed by atoms with van der Waals surface area (Å²) in [6, 6.07) is 0. The molecule has 7 nitrogen and oxygen atoms in total. The van der Waals surface area contributed by atoms with E-state index in [0.29, 0.717) is 71.2 Å². The average molecular weight is 431 g/mol. The smallest absolute Gasteiger partial charge is 0.159 e. The van der Waals surface area contributed by atoms with E-state index in [1.165, 1.54) is 6.08 Å². The summed E-state index contributed by atoms with van der Waals surface area (Å²) in [6.07, 6.45) is 6.99. The van der Waals surface area contributed by atoms with Crippen LogP contribution in [-0.4, -0.2) is 71.7 Å². The Kier molecular flexibility index (Phi) is 14.2. The lowest BCUT2D eigenvalue weighted by molar-refractivity contribution is -0.00165. The Hall–Kier alpha value is -1.64. The molecule has 0 aromatic heterocycles. The Balaban J connectivity index is 2.76. The Morgan fingerprint density at radius 2 is 2.07 bits per heavy atom. The van der Waals surface area contributed by atoms with Crippen LogP contribution < -0.4 is 5.73 Å². The molecule has 1 aliphatic rings. The summed E-state index contributed by atoms with van der Waals surface area (Å²) in [5, 5.41) is 0. The topological polar surface area (TPSA) is 84.5 Å². The summed E-state index contributed by atoms with van der Waals surface area (Å²) >= 11 is 0. The first-order valence-electron chi connectivity index (χ1n) is 10.7. The van der Waals surface area contributed by atoms with Crippen molar-refractivity contribution in [2.75, 3.05) is 60.0 Å². The van der Waals surface area contributed by atoms with Crippen LogP contribution in [0.3, 0.4) is 0 Å². The second kappa shape index (κ2) is 16.1. The molecule has 0 radical (unpaired) electrons. The number of alkyl halides is 1. The monoisotopic (exact) mass is 430 g/mol. The number of halogens is 1. The molecule has 1 unspecified atom stereocenters. The fraction of sp³-hybridized carbons (Fsp3) is 0.773. The lowest BCUT2D eigenvalue weighted by Gasteiger charge is -2.28. The van der Waals surface area contributed by atoms with Gasteiger partial charge in [-0.05, 0) is 51.9 Å². The molecule has 0 amide bonds. The van der Waals surface area contributed by atoms with Crippen molar-refractivity contribution in [3.05, 3.63) is 23.4 Å². The highest BCUT2D eigenvalue weighted by atomic mass is 19.1. The van der Waals surface area contributed by atoms with E-state index >= 15 is 0 Å². The summed E-state index contributed by atoms with van der Waals surface area (Å²) in [5.41, 5.74) is 5.07. The van der Waals surface area contributed by atoms with Crippen LogP contribution in [0.4, 0.5) is 4.39 Å². The molecule has 2 N–H and O–H groups in total. The van der Waals surface area contributed by atoms with Crippen LogP contribution in [0.15, 0.2) is 28.3 Å². The van der Waals surface area contributed by atoms with Gasteiger partial charge in [-0.25, -0.2) is 4.39 Å². The third kappa shape index (κ3) is 10.9. The third-order valence-corrected chi connectivity index (χ3v) is 4.69. The fourth-order valence-electron chi connectivity index (χ4n) is 3.01. The van der Waals surface area contributed by atoms with Gasteiger partial charge in [-0.15, -0.1) is 0 Å². The van der Waals surface area contributed by atoms with Gasteiger partial charge >= 0.3 is 0 Å². The molecule has 0 aliphatic carbocycles. The van der Waals surface area contributed by atoms with Gasteiger partial charge in [-0.2, -0.15) is 0 Å². The zero-order valence-electron chi connectivity index (χ0n) is 18.8. The Morgan fingerprint density at radius 1 is 1.23 bits per heavy atom. The molecule has 0 bridgehead atoms. The molecule has 1 rings (SSSR count). The number of ether oxygens (including phenoxy) is 5. The Labute approximate surface area is 180 Å². The quantitative estimate of drug-likeness (QED) is 0.229. The van der Waals surface area contributed by atoms with Gasteiger partial charge in [-0.3, -0.25) is 4.99 Å². The normalized spacial score (nSPS) is 18.8. The number of methoxy groups -OCH3 is 1. The fourth-order valence-corrected chi connectivity index (χ4v) is 3.01. The highest BCUT2D eigenvalue weighted by Crippen LogP contribution is 2.26. The van der Waals surface area contributed by atoms with Gasteiger partial charge in [-0.1, -0.05) is 0 Å². The largest absolute Gasteiger partial charge is 0.496 e. The molecular weight excluding hydrogens is 391 g/mol. The van der Waals surface area contributed by atoms with Gasteiger partial charge in [0, 0.05) is 20.0 Å².